The van der Waals surface area contributed by atoms with E-state index in [1.54, 1.807) is 6.92 Å². The summed E-state index contributed by atoms with van der Waals surface area (Å²) in [5.74, 6) is 1.27. The van der Waals surface area contributed by atoms with Gasteiger partial charge in [0.05, 0.1) is 6.61 Å². The molecule has 4 fully saturated rings. The molecule has 4 aliphatic carbocycles. The Morgan fingerprint density at radius 1 is 1.06 bits per heavy atom. The third-order valence-electron chi connectivity index (χ3n) is 4.98. The fourth-order valence-electron chi connectivity index (χ4n) is 4.80. The molecule has 17 heavy (non-hydrogen) atoms. The molecule has 0 saturated heterocycles. The third-order valence-corrected chi connectivity index (χ3v) is 4.98. The van der Waals surface area contributed by atoms with E-state index in [1.807, 2.05) is 0 Å². The van der Waals surface area contributed by atoms with E-state index in [4.69, 9.17) is 4.74 Å². The average Bonchev–Trinajstić information content (AvgIpc) is 2.26. The lowest BCUT2D eigenvalue weighted by Gasteiger charge is -2.55. The van der Waals surface area contributed by atoms with Crippen molar-refractivity contribution >= 4 is 11.8 Å². The van der Waals surface area contributed by atoms with Gasteiger partial charge in [0.15, 0.2) is 0 Å². The summed E-state index contributed by atoms with van der Waals surface area (Å²) in [6.45, 7) is 2.06. The second-order valence-electron chi connectivity index (χ2n) is 6.25. The first kappa shape index (κ1) is 11.2. The number of rotatable bonds is 3. The van der Waals surface area contributed by atoms with Crippen molar-refractivity contribution in [3.05, 3.63) is 0 Å². The van der Waals surface area contributed by atoms with E-state index in [1.165, 1.54) is 19.3 Å². The number of hydrogen-bond acceptors (Lipinski definition) is 3. The van der Waals surface area contributed by atoms with Crippen molar-refractivity contribution in [2.45, 2.75) is 45.4 Å². The molecule has 0 spiro atoms. The SMILES string of the molecule is CCOC(=O)C(=O)C12CC3CC(CC(C3)C1)C2. The van der Waals surface area contributed by atoms with Gasteiger partial charge in [-0.2, -0.15) is 0 Å². The van der Waals surface area contributed by atoms with Gasteiger partial charge in [0, 0.05) is 5.41 Å². The van der Waals surface area contributed by atoms with E-state index in [-0.39, 0.29) is 11.2 Å². The normalized spacial score (nSPS) is 42.5. The van der Waals surface area contributed by atoms with E-state index in [0.717, 1.165) is 19.3 Å². The van der Waals surface area contributed by atoms with Crippen LogP contribution in [0.25, 0.3) is 0 Å². The Labute approximate surface area is 102 Å². The summed E-state index contributed by atoms with van der Waals surface area (Å²) in [6, 6.07) is 0. The van der Waals surface area contributed by atoms with Gasteiger partial charge in [-0.15, -0.1) is 0 Å². The molecule has 4 bridgehead atoms. The minimum Gasteiger partial charge on any atom is -0.460 e. The fraction of sp³-hybridized carbons (Fsp3) is 0.857. The lowest BCUT2D eigenvalue weighted by atomic mass is 9.48. The van der Waals surface area contributed by atoms with Crippen LogP contribution in [0, 0.1) is 23.2 Å². The van der Waals surface area contributed by atoms with Gasteiger partial charge in [-0.3, -0.25) is 4.79 Å². The number of carbonyl (C=O) groups is 2. The van der Waals surface area contributed by atoms with Gasteiger partial charge in [-0.1, -0.05) is 0 Å². The molecule has 0 radical (unpaired) electrons. The smallest absolute Gasteiger partial charge is 0.375 e. The van der Waals surface area contributed by atoms with Crippen LogP contribution >= 0.6 is 0 Å². The van der Waals surface area contributed by atoms with Crippen LogP contribution in [0.15, 0.2) is 0 Å². The second kappa shape index (κ2) is 3.82. The highest BCUT2D eigenvalue weighted by Gasteiger charge is 2.56. The highest BCUT2D eigenvalue weighted by atomic mass is 16.5. The predicted octanol–water partition coefficient (Wildman–Crippen LogP) is 2.33. The zero-order valence-corrected chi connectivity index (χ0v) is 10.4. The number of carbonyl (C=O) groups excluding carboxylic acids is 2. The number of ketones is 1. The maximum Gasteiger partial charge on any atom is 0.375 e. The van der Waals surface area contributed by atoms with Crippen LogP contribution in [0.4, 0.5) is 0 Å². The van der Waals surface area contributed by atoms with Gasteiger partial charge in [0.25, 0.3) is 0 Å². The van der Waals surface area contributed by atoms with Gasteiger partial charge in [0.2, 0.25) is 5.78 Å². The largest absolute Gasteiger partial charge is 0.460 e. The van der Waals surface area contributed by atoms with Gasteiger partial charge in [0.1, 0.15) is 0 Å². The Balaban J connectivity index is 1.82. The van der Waals surface area contributed by atoms with Crippen LogP contribution in [0.1, 0.15) is 45.4 Å². The zero-order valence-electron chi connectivity index (χ0n) is 10.4. The van der Waals surface area contributed by atoms with Crippen LogP contribution in [-0.2, 0) is 14.3 Å². The van der Waals surface area contributed by atoms with Crippen molar-refractivity contribution in [2.75, 3.05) is 6.61 Å². The summed E-state index contributed by atoms with van der Waals surface area (Å²) in [5, 5.41) is 0. The van der Waals surface area contributed by atoms with Crippen LogP contribution in [-0.4, -0.2) is 18.4 Å². The standard InChI is InChI=1S/C14H20O3/c1-2-17-13(16)12(15)14-6-9-3-10(7-14)5-11(4-9)8-14/h9-11H,2-8H2,1H3. The molecular weight excluding hydrogens is 216 g/mol. The molecule has 4 rings (SSSR count). The molecule has 0 aromatic carbocycles. The number of ether oxygens (including phenoxy) is 1. The maximum atomic E-state index is 12.3. The quantitative estimate of drug-likeness (QED) is 0.558. The molecule has 0 aliphatic heterocycles. The number of hydrogen-bond donors (Lipinski definition) is 0. The van der Waals surface area contributed by atoms with Crippen molar-refractivity contribution < 1.29 is 14.3 Å². The minimum atomic E-state index is -0.588. The second-order valence-corrected chi connectivity index (χ2v) is 6.25. The molecule has 0 aromatic heterocycles. The first-order valence-corrected chi connectivity index (χ1v) is 6.84. The van der Waals surface area contributed by atoms with E-state index in [0.29, 0.717) is 24.4 Å². The minimum absolute atomic E-state index is 0.224. The predicted molar refractivity (Wildman–Crippen MR) is 62.2 cm³/mol. The van der Waals surface area contributed by atoms with Crippen LogP contribution in [0.2, 0.25) is 0 Å². The average molecular weight is 236 g/mol. The summed E-state index contributed by atoms with van der Waals surface area (Å²) < 4.78 is 4.90. The Kier molecular flexibility index (Phi) is 2.53. The molecule has 0 aromatic rings. The monoisotopic (exact) mass is 236 g/mol. The molecule has 3 nitrogen and oxygen atoms in total. The van der Waals surface area contributed by atoms with E-state index < -0.39 is 5.97 Å². The molecule has 4 aliphatic rings. The number of esters is 1. The summed E-state index contributed by atoms with van der Waals surface area (Å²) in [5.41, 5.74) is -0.332. The Morgan fingerprint density at radius 3 is 1.94 bits per heavy atom. The third kappa shape index (κ3) is 1.71. The molecule has 0 atom stereocenters. The van der Waals surface area contributed by atoms with Crippen LogP contribution in [0.3, 0.4) is 0 Å². The van der Waals surface area contributed by atoms with Gasteiger partial charge in [-0.25, -0.2) is 4.79 Å². The highest BCUT2D eigenvalue weighted by molar-refractivity contribution is 6.35. The topological polar surface area (TPSA) is 43.4 Å². The molecule has 3 heteroatoms. The molecule has 94 valence electrons. The summed E-state index contributed by atoms with van der Waals surface area (Å²) in [4.78, 5) is 24.0. The molecule has 4 saturated carbocycles. The summed E-state index contributed by atoms with van der Waals surface area (Å²) in [7, 11) is 0. The molecular formula is C14H20O3. The Hall–Kier alpha value is -0.860. The number of Topliss-reactive ketones (excluding diaryl/α,β-unsaturated/α-hetero) is 1. The van der Waals surface area contributed by atoms with Gasteiger partial charge in [-0.05, 0) is 63.2 Å². The first-order valence-electron chi connectivity index (χ1n) is 6.84. The molecule has 0 N–H and O–H groups in total. The van der Waals surface area contributed by atoms with Gasteiger partial charge >= 0.3 is 5.97 Å². The Bertz CT molecular complexity index is 323. The molecule has 0 amide bonds. The summed E-state index contributed by atoms with van der Waals surface area (Å²) >= 11 is 0. The lowest BCUT2D eigenvalue weighted by molar-refractivity contribution is -0.165. The summed E-state index contributed by atoms with van der Waals surface area (Å²) in [6.07, 6.45) is 6.68. The van der Waals surface area contributed by atoms with E-state index in [9.17, 15) is 9.59 Å². The Morgan fingerprint density at radius 2 is 1.53 bits per heavy atom. The fourth-order valence-corrected chi connectivity index (χ4v) is 4.80. The van der Waals surface area contributed by atoms with Crippen molar-refractivity contribution in [1.29, 1.82) is 0 Å². The van der Waals surface area contributed by atoms with Crippen molar-refractivity contribution in [3.63, 3.8) is 0 Å². The lowest BCUT2D eigenvalue weighted by Crippen LogP contribution is -2.52. The van der Waals surface area contributed by atoms with Crippen molar-refractivity contribution in [3.8, 4) is 0 Å². The van der Waals surface area contributed by atoms with Crippen molar-refractivity contribution in [1.82, 2.24) is 0 Å². The van der Waals surface area contributed by atoms with Crippen LogP contribution in [0.5, 0.6) is 0 Å². The van der Waals surface area contributed by atoms with Crippen molar-refractivity contribution in [2.24, 2.45) is 23.2 Å². The first-order chi connectivity index (χ1) is 8.13. The van der Waals surface area contributed by atoms with Gasteiger partial charge < -0.3 is 4.74 Å². The van der Waals surface area contributed by atoms with E-state index in [2.05, 4.69) is 0 Å². The van der Waals surface area contributed by atoms with Crippen LogP contribution < -0.4 is 0 Å². The molecule has 0 heterocycles. The molecule has 0 unspecified atom stereocenters. The maximum absolute atomic E-state index is 12.3. The van der Waals surface area contributed by atoms with E-state index >= 15 is 0 Å². The zero-order chi connectivity index (χ0) is 12.0. The highest BCUT2D eigenvalue weighted by Crippen LogP contribution is 2.60.